The molecule has 2 aliphatic carbocycles. The Labute approximate surface area is 356 Å². The topological polar surface area (TPSA) is 6.48 Å². The molecule has 2 aliphatic rings. The molecule has 2 nitrogen and oxygen atoms in total. The maximum atomic E-state index is 2.48. The van der Waals surface area contributed by atoms with Crippen molar-refractivity contribution in [3.8, 4) is 22.3 Å². The van der Waals surface area contributed by atoms with Gasteiger partial charge in [-0.15, -0.1) is 0 Å². The lowest BCUT2D eigenvalue weighted by Gasteiger charge is -2.44. The molecule has 8 aromatic carbocycles. The van der Waals surface area contributed by atoms with E-state index in [9.17, 15) is 0 Å². The second kappa shape index (κ2) is 15.5. The van der Waals surface area contributed by atoms with E-state index in [2.05, 4.69) is 237 Å². The number of hydrogen-bond acceptors (Lipinski definition) is 2. The van der Waals surface area contributed by atoms with Crippen molar-refractivity contribution in [2.45, 2.75) is 57.3 Å². The Bertz CT molecular complexity index is 2720. The van der Waals surface area contributed by atoms with Gasteiger partial charge in [-0.2, -0.15) is 0 Å². The fraction of sp³-hybridized carbons (Fsp3) is 0.172. The molecule has 0 spiro atoms. The van der Waals surface area contributed by atoms with Crippen LogP contribution in [0.25, 0.3) is 22.3 Å². The Morgan fingerprint density at radius 2 is 0.833 bits per heavy atom. The monoisotopic (exact) mass is 776 g/mol. The molecule has 2 unspecified atom stereocenters. The number of para-hydroxylation sites is 2. The molecule has 0 heterocycles. The van der Waals surface area contributed by atoms with Crippen molar-refractivity contribution in [2.24, 2.45) is 5.92 Å². The lowest BCUT2D eigenvalue weighted by molar-refractivity contribution is 0.244. The average molecular weight is 777 g/mol. The summed E-state index contributed by atoms with van der Waals surface area (Å²) in [4.78, 5) is 4.81. The summed E-state index contributed by atoms with van der Waals surface area (Å²) >= 11 is 0. The smallest absolute Gasteiger partial charge is 0.0465 e. The van der Waals surface area contributed by atoms with Crippen molar-refractivity contribution >= 4 is 34.1 Å². The first-order valence-corrected chi connectivity index (χ1v) is 21.7. The summed E-state index contributed by atoms with van der Waals surface area (Å²) in [5.41, 5.74) is 17.5. The van der Waals surface area contributed by atoms with Crippen LogP contribution in [0.2, 0.25) is 0 Å². The molecule has 1 fully saturated rings. The van der Waals surface area contributed by atoms with Gasteiger partial charge in [-0.05, 0) is 136 Å². The quantitative estimate of drug-likeness (QED) is 0.144. The molecule has 0 aromatic heterocycles. The maximum Gasteiger partial charge on any atom is 0.0465 e. The summed E-state index contributed by atoms with van der Waals surface area (Å²) < 4.78 is 0. The lowest BCUT2D eigenvalue weighted by Crippen LogP contribution is -2.37. The number of fused-ring (bicyclic) bond motifs is 3. The second-order valence-electron chi connectivity index (χ2n) is 17.4. The average Bonchev–Trinajstić information content (AvgIpc) is 3.54. The Morgan fingerprint density at radius 1 is 0.400 bits per heavy atom. The highest BCUT2D eigenvalue weighted by Gasteiger charge is 2.41. The van der Waals surface area contributed by atoms with E-state index in [1.807, 2.05) is 0 Å². The van der Waals surface area contributed by atoms with Crippen LogP contribution in [-0.4, -0.2) is 0 Å². The minimum atomic E-state index is -0.0782. The van der Waals surface area contributed by atoms with Crippen LogP contribution in [0.15, 0.2) is 206 Å². The minimum Gasteiger partial charge on any atom is -0.311 e. The number of hydrogen-bond donors (Lipinski definition) is 0. The van der Waals surface area contributed by atoms with Gasteiger partial charge in [-0.1, -0.05) is 167 Å². The van der Waals surface area contributed by atoms with E-state index >= 15 is 0 Å². The SMILES string of the molecule is CC1CCCCC1(c1ccc(N(c2ccccc2)c2ccc(-c3ccccc3)cc2)cc1)c1ccc(N(c2ccccc2)c2ccc3c(c2)C(C)(C)c2ccccc2-3)cc1. The Morgan fingerprint density at radius 3 is 1.40 bits per heavy atom. The van der Waals surface area contributed by atoms with Crippen molar-refractivity contribution in [3.05, 3.63) is 229 Å². The third-order valence-corrected chi connectivity index (χ3v) is 13.7. The molecule has 1 saturated carbocycles. The van der Waals surface area contributed by atoms with Gasteiger partial charge in [0.2, 0.25) is 0 Å². The van der Waals surface area contributed by atoms with Crippen LogP contribution in [0.1, 0.15) is 68.7 Å². The van der Waals surface area contributed by atoms with Crippen molar-refractivity contribution in [3.63, 3.8) is 0 Å². The highest BCUT2D eigenvalue weighted by atomic mass is 15.1. The van der Waals surface area contributed by atoms with E-state index in [4.69, 9.17) is 0 Å². The van der Waals surface area contributed by atoms with Gasteiger partial charge in [0.05, 0.1) is 0 Å². The van der Waals surface area contributed by atoms with E-state index < -0.39 is 0 Å². The fourth-order valence-corrected chi connectivity index (χ4v) is 10.5. The van der Waals surface area contributed by atoms with Crippen LogP contribution in [0.4, 0.5) is 34.1 Å². The Balaban J connectivity index is 1.01. The Hall–Kier alpha value is -6.64. The molecule has 2 heteroatoms. The van der Waals surface area contributed by atoms with Gasteiger partial charge in [0.15, 0.2) is 0 Å². The van der Waals surface area contributed by atoms with Crippen molar-refractivity contribution in [2.75, 3.05) is 9.80 Å². The second-order valence-corrected chi connectivity index (χ2v) is 17.4. The first-order chi connectivity index (χ1) is 29.4. The van der Waals surface area contributed by atoms with Crippen molar-refractivity contribution in [1.29, 1.82) is 0 Å². The van der Waals surface area contributed by atoms with Crippen LogP contribution >= 0.6 is 0 Å². The van der Waals surface area contributed by atoms with E-state index in [0.29, 0.717) is 5.92 Å². The van der Waals surface area contributed by atoms with Crippen LogP contribution in [0.5, 0.6) is 0 Å². The minimum absolute atomic E-state index is 0.0711. The van der Waals surface area contributed by atoms with Gasteiger partial charge in [-0.3, -0.25) is 0 Å². The lowest BCUT2D eigenvalue weighted by atomic mass is 9.60. The van der Waals surface area contributed by atoms with Crippen LogP contribution in [0, 0.1) is 5.92 Å². The van der Waals surface area contributed by atoms with Gasteiger partial charge >= 0.3 is 0 Å². The first kappa shape index (κ1) is 37.6. The molecule has 294 valence electrons. The summed E-state index contributed by atoms with van der Waals surface area (Å²) in [6.45, 7) is 7.21. The normalized spacial score (nSPS) is 17.7. The van der Waals surface area contributed by atoms with Gasteiger partial charge in [0.1, 0.15) is 0 Å². The molecule has 0 amide bonds. The number of nitrogens with zero attached hydrogens (tertiary/aromatic N) is 2. The van der Waals surface area contributed by atoms with Crippen LogP contribution in [-0.2, 0) is 10.8 Å². The molecule has 0 aliphatic heterocycles. The van der Waals surface area contributed by atoms with E-state index in [0.717, 1.165) is 29.2 Å². The summed E-state index contributed by atoms with van der Waals surface area (Å²) in [5.74, 6) is 0.504. The van der Waals surface area contributed by atoms with Crippen molar-refractivity contribution < 1.29 is 0 Å². The first-order valence-electron chi connectivity index (χ1n) is 21.7. The largest absolute Gasteiger partial charge is 0.311 e. The molecule has 60 heavy (non-hydrogen) atoms. The fourth-order valence-electron chi connectivity index (χ4n) is 10.5. The van der Waals surface area contributed by atoms with E-state index in [1.165, 1.54) is 75.1 Å². The molecule has 0 bridgehead atoms. The third-order valence-electron chi connectivity index (χ3n) is 13.7. The molecule has 0 saturated heterocycles. The zero-order valence-corrected chi connectivity index (χ0v) is 34.9. The van der Waals surface area contributed by atoms with Crippen LogP contribution < -0.4 is 9.80 Å². The van der Waals surface area contributed by atoms with Gasteiger partial charge in [0.25, 0.3) is 0 Å². The van der Waals surface area contributed by atoms with Gasteiger partial charge in [0, 0.05) is 45.0 Å². The third kappa shape index (κ3) is 6.52. The zero-order chi connectivity index (χ0) is 40.7. The zero-order valence-electron chi connectivity index (χ0n) is 34.9. The molecule has 0 radical (unpaired) electrons. The summed E-state index contributed by atoms with van der Waals surface area (Å²) in [7, 11) is 0. The molecule has 2 atom stereocenters. The molecule has 10 rings (SSSR count). The molecular formula is C58H52N2. The predicted molar refractivity (Wildman–Crippen MR) is 254 cm³/mol. The molecule has 8 aromatic rings. The predicted octanol–water partition coefficient (Wildman–Crippen LogP) is 16.1. The highest BCUT2D eigenvalue weighted by Crippen LogP contribution is 2.52. The van der Waals surface area contributed by atoms with E-state index in [1.54, 1.807) is 0 Å². The Kier molecular flexibility index (Phi) is 9.73. The van der Waals surface area contributed by atoms with Gasteiger partial charge < -0.3 is 9.80 Å². The maximum absolute atomic E-state index is 2.48. The number of benzene rings is 8. The summed E-state index contributed by atoms with van der Waals surface area (Å²) in [6, 6.07) is 76.3. The summed E-state index contributed by atoms with van der Waals surface area (Å²) in [5, 5.41) is 0. The summed E-state index contributed by atoms with van der Waals surface area (Å²) in [6.07, 6.45) is 4.86. The molecular weight excluding hydrogens is 725 g/mol. The standard InChI is InChI=1S/C58H52N2/c1-42-17-15-16-40-58(42,45-28-34-50(35-29-45)59(47-20-9-5-10-21-47)49-32-26-44(27-33-49)43-18-7-4-8-19-43)46-30-36-51(37-31-46)60(48-22-11-6-12-23-48)52-38-39-54-53-24-13-14-25-55(53)57(2,3)56(54)41-52/h4-14,18-39,41-42H,15-17,40H2,1-3H3. The van der Waals surface area contributed by atoms with E-state index in [-0.39, 0.29) is 10.8 Å². The highest BCUT2D eigenvalue weighted by molar-refractivity contribution is 5.86. The van der Waals surface area contributed by atoms with Crippen LogP contribution in [0.3, 0.4) is 0 Å². The van der Waals surface area contributed by atoms with Gasteiger partial charge in [-0.25, -0.2) is 0 Å². The number of anilines is 6. The van der Waals surface area contributed by atoms with Crippen molar-refractivity contribution in [1.82, 2.24) is 0 Å². The molecule has 0 N–H and O–H groups in total. The number of rotatable bonds is 9.